The van der Waals surface area contributed by atoms with Crippen molar-refractivity contribution < 1.29 is 24.2 Å². The van der Waals surface area contributed by atoms with Gasteiger partial charge in [-0.3, -0.25) is 4.79 Å². The lowest BCUT2D eigenvalue weighted by Crippen LogP contribution is -2.21. The van der Waals surface area contributed by atoms with Crippen LogP contribution < -0.4 is 0 Å². The van der Waals surface area contributed by atoms with Crippen LogP contribution in [0.1, 0.15) is 42.7 Å². The molecule has 0 unspecified atom stereocenters. The fourth-order valence-corrected chi connectivity index (χ4v) is 2.67. The fourth-order valence-electron chi connectivity index (χ4n) is 2.67. The summed E-state index contributed by atoms with van der Waals surface area (Å²) in [5.41, 5.74) is 0.617. The summed E-state index contributed by atoms with van der Waals surface area (Å²) >= 11 is 0. The highest BCUT2D eigenvalue weighted by Crippen LogP contribution is 2.24. The molecule has 0 aliphatic carbocycles. The largest absolute Gasteiger partial charge is 0.478 e. The number of ketones is 1. The van der Waals surface area contributed by atoms with E-state index in [1.165, 1.54) is 18.2 Å². The molecular weight excluding hydrogens is 344 g/mol. The van der Waals surface area contributed by atoms with Crippen LogP contribution in [0.25, 0.3) is 0 Å². The average Bonchev–Trinajstić information content (AvgIpc) is 2.72. The van der Waals surface area contributed by atoms with E-state index >= 15 is 0 Å². The number of carbonyl (C=O) groups excluding carboxylic acids is 2. The highest BCUT2D eigenvalue weighted by molar-refractivity contribution is 6.05. The second-order valence-electron chi connectivity index (χ2n) is 5.78. The van der Waals surface area contributed by atoms with E-state index in [0.29, 0.717) is 11.1 Å². The van der Waals surface area contributed by atoms with Gasteiger partial charge >= 0.3 is 11.9 Å². The van der Waals surface area contributed by atoms with Crippen molar-refractivity contribution in [3.05, 3.63) is 107 Å². The highest BCUT2D eigenvalue weighted by atomic mass is 16.5. The number of carbonyl (C=O) groups is 3. The zero-order valence-electron chi connectivity index (χ0n) is 14.2. The molecular formula is C22H16O5. The molecule has 5 nitrogen and oxygen atoms in total. The van der Waals surface area contributed by atoms with Crippen LogP contribution in [-0.2, 0) is 4.74 Å². The van der Waals surface area contributed by atoms with E-state index in [1.807, 2.05) is 0 Å². The molecule has 1 N–H and O–H groups in total. The molecule has 3 aromatic rings. The molecule has 0 amide bonds. The number of hydrogen-bond donors (Lipinski definition) is 1. The summed E-state index contributed by atoms with van der Waals surface area (Å²) in [5, 5.41) is 9.28. The number of aromatic carboxylic acids is 1. The monoisotopic (exact) mass is 360 g/mol. The summed E-state index contributed by atoms with van der Waals surface area (Å²) in [7, 11) is 0. The minimum Gasteiger partial charge on any atom is -0.478 e. The third-order valence-corrected chi connectivity index (χ3v) is 4.00. The number of hydrogen-bond acceptors (Lipinski definition) is 4. The zero-order chi connectivity index (χ0) is 19.2. The first kappa shape index (κ1) is 18.1. The van der Waals surface area contributed by atoms with Crippen molar-refractivity contribution in [2.24, 2.45) is 0 Å². The summed E-state index contributed by atoms with van der Waals surface area (Å²) in [6, 6.07) is 22.9. The number of esters is 1. The summed E-state index contributed by atoms with van der Waals surface area (Å²) in [4.78, 5) is 37.0. The van der Waals surface area contributed by atoms with Crippen LogP contribution in [0.5, 0.6) is 0 Å². The van der Waals surface area contributed by atoms with Crippen LogP contribution in [0.15, 0.2) is 84.9 Å². The molecule has 0 aliphatic rings. The Morgan fingerprint density at radius 1 is 0.704 bits per heavy atom. The van der Waals surface area contributed by atoms with Crippen molar-refractivity contribution in [3.8, 4) is 0 Å². The van der Waals surface area contributed by atoms with Crippen molar-refractivity contribution in [2.75, 3.05) is 0 Å². The molecule has 134 valence electrons. The third kappa shape index (κ3) is 4.10. The van der Waals surface area contributed by atoms with Crippen molar-refractivity contribution in [3.63, 3.8) is 0 Å². The van der Waals surface area contributed by atoms with Gasteiger partial charge in [-0.2, -0.15) is 0 Å². The molecule has 0 aliphatic heterocycles. The minimum absolute atomic E-state index is 0.105. The molecule has 27 heavy (non-hydrogen) atoms. The van der Waals surface area contributed by atoms with Gasteiger partial charge in [0.05, 0.1) is 11.1 Å². The van der Waals surface area contributed by atoms with Gasteiger partial charge in [0.2, 0.25) is 5.78 Å². The maximum Gasteiger partial charge on any atom is 0.340 e. The van der Waals surface area contributed by atoms with E-state index in [9.17, 15) is 19.5 Å². The smallest absolute Gasteiger partial charge is 0.340 e. The minimum atomic E-state index is -1.24. The Morgan fingerprint density at radius 2 is 1.22 bits per heavy atom. The van der Waals surface area contributed by atoms with Gasteiger partial charge in [0.25, 0.3) is 0 Å². The molecule has 1 atom stereocenters. The molecule has 0 saturated carbocycles. The molecule has 3 aromatic carbocycles. The van der Waals surface area contributed by atoms with Crippen LogP contribution in [-0.4, -0.2) is 22.8 Å². The standard InChI is InChI=1S/C22H16O5/c23-19(15-9-3-1-4-10-15)20(16-11-5-2-6-12-16)27-22(26)18-14-8-7-13-17(18)21(24)25/h1-14,20H,(H,24,25)/t20-/m0/s1. The fraction of sp³-hybridized carbons (Fsp3) is 0.0455. The first-order valence-corrected chi connectivity index (χ1v) is 8.25. The van der Waals surface area contributed by atoms with Gasteiger partial charge in [0.15, 0.2) is 6.10 Å². The van der Waals surface area contributed by atoms with Crippen LogP contribution in [0, 0.1) is 0 Å². The second kappa shape index (κ2) is 8.10. The first-order valence-electron chi connectivity index (χ1n) is 8.25. The van der Waals surface area contributed by atoms with Gasteiger partial charge in [0, 0.05) is 11.1 Å². The van der Waals surface area contributed by atoms with E-state index in [0.717, 1.165) is 0 Å². The maximum absolute atomic E-state index is 12.9. The number of carboxylic acid groups (broad SMARTS) is 1. The summed E-state index contributed by atoms with van der Waals surface area (Å²) in [6.07, 6.45) is -1.18. The lowest BCUT2D eigenvalue weighted by Gasteiger charge is -2.18. The van der Waals surface area contributed by atoms with Crippen molar-refractivity contribution >= 4 is 17.7 Å². The Kier molecular flexibility index (Phi) is 5.42. The predicted molar refractivity (Wildman–Crippen MR) is 98.8 cm³/mol. The lowest BCUT2D eigenvalue weighted by molar-refractivity contribution is 0.0276. The lowest BCUT2D eigenvalue weighted by atomic mass is 9.99. The molecule has 0 heterocycles. The van der Waals surface area contributed by atoms with Gasteiger partial charge in [-0.25, -0.2) is 9.59 Å². The highest BCUT2D eigenvalue weighted by Gasteiger charge is 2.28. The molecule has 0 aromatic heterocycles. The number of carboxylic acids is 1. The van der Waals surface area contributed by atoms with Crippen molar-refractivity contribution in [1.29, 1.82) is 0 Å². The topological polar surface area (TPSA) is 80.7 Å². The first-order chi connectivity index (χ1) is 13.1. The molecule has 3 rings (SSSR count). The van der Waals surface area contributed by atoms with Crippen molar-refractivity contribution in [2.45, 2.75) is 6.10 Å². The second-order valence-corrected chi connectivity index (χ2v) is 5.78. The summed E-state index contributed by atoms with van der Waals surface area (Å²) in [5.74, 6) is -2.50. The quantitative estimate of drug-likeness (QED) is 0.527. The van der Waals surface area contributed by atoms with Crippen LogP contribution in [0.4, 0.5) is 0 Å². The Hall–Kier alpha value is -3.73. The number of rotatable bonds is 6. The van der Waals surface area contributed by atoms with E-state index in [-0.39, 0.29) is 16.9 Å². The number of ether oxygens (including phenoxy) is 1. The molecule has 0 bridgehead atoms. The van der Waals surface area contributed by atoms with Gasteiger partial charge in [-0.1, -0.05) is 72.8 Å². The van der Waals surface area contributed by atoms with Gasteiger partial charge in [-0.15, -0.1) is 0 Å². The van der Waals surface area contributed by atoms with Gasteiger partial charge in [0.1, 0.15) is 0 Å². The van der Waals surface area contributed by atoms with Crippen LogP contribution in [0.2, 0.25) is 0 Å². The van der Waals surface area contributed by atoms with Crippen molar-refractivity contribution in [1.82, 2.24) is 0 Å². The molecule has 0 radical (unpaired) electrons. The van der Waals surface area contributed by atoms with E-state index in [2.05, 4.69) is 0 Å². The zero-order valence-corrected chi connectivity index (χ0v) is 14.2. The number of benzene rings is 3. The molecule has 0 saturated heterocycles. The molecule has 0 spiro atoms. The van der Waals surface area contributed by atoms with Crippen LogP contribution >= 0.6 is 0 Å². The maximum atomic E-state index is 12.9. The Morgan fingerprint density at radius 3 is 1.81 bits per heavy atom. The summed E-state index contributed by atoms with van der Waals surface area (Å²) < 4.78 is 5.48. The normalized spacial score (nSPS) is 11.4. The van der Waals surface area contributed by atoms with Crippen LogP contribution in [0.3, 0.4) is 0 Å². The predicted octanol–water partition coefficient (Wildman–Crippen LogP) is 4.17. The van der Waals surface area contributed by atoms with E-state index < -0.39 is 18.0 Å². The Balaban J connectivity index is 1.96. The Labute approximate surface area is 155 Å². The number of Topliss-reactive ketones (excluding diaryl/α,β-unsaturated/α-hetero) is 1. The molecule has 5 heteroatoms. The van der Waals surface area contributed by atoms with E-state index in [1.54, 1.807) is 66.7 Å². The third-order valence-electron chi connectivity index (χ3n) is 4.00. The van der Waals surface area contributed by atoms with E-state index in [4.69, 9.17) is 4.74 Å². The van der Waals surface area contributed by atoms with Gasteiger partial charge in [-0.05, 0) is 12.1 Å². The SMILES string of the molecule is O=C(O)c1ccccc1C(=O)O[C@H](C(=O)c1ccccc1)c1ccccc1. The Bertz CT molecular complexity index is 964. The van der Waals surface area contributed by atoms with Gasteiger partial charge < -0.3 is 9.84 Å². The summed E-state index contributed by atoms with van der Waals surface area (Å²) in [6.45, 7) is 0. The average molecular weight is 360 g/mol. The molecule has 0 fully saturated rings.